The van der Waals surface area contributed by atoms with E-state index in [0.29, 0.717) is 24.7 Å². The minimum absolute atomic E-state index is 0.0557. The predicted octanol–water partition coefficient (Wildman–Crippen LogP) is 1.70. The first-order valence-corrected chi connectivity index (χ1v) is 8.66. The van der Waals surface area contributed by atoms with Crippen LogP contribution in [0.15, 0.2) is 0 Å². The third-order valence-corrected chi connectivity index (χ3v) is 7.20. The molecule has 1 aliphatic heterocycles. The summed E-state index contributed by atoms with van der Waals surface area (Å²) in [5, 5.41) is 9.46. The Bertz CT molecular complexity index is 469. The Morgan fingerprint density at radius 2 is 2.06 bits per heavy atom. The van der Waals surface area contributed by atoms with Crippen LogP contribution in [0.2, 0.25) is 0 Å². The van der Waals surface area contributed by atoms with Gasteiger partial charge in [-0.3, -0.25) is 4.79 Å². The molecular weight excluding hydrogens is 252 g/mol. The zero-order valence-electron chi connectivity index (χ0n) is 10.5. The summed E-state index contributed by atoms with van der Waals surface area (Å²) in [7, 11) is -3.13. The summed E-state index contributed by atoms with van der Waals surface area (Å²) in [5.41, 5.74) is -0.978. The molecule has 1 N–H and O–H groups in total. The van der Waals surface area contributed by atoms with Gasteiger partial charge in [-0.1, -0.05) is 6.42 Å². The fourth-order valence-corrected chi connectivity index (χ4v) is 6.54. The van der Waals surface area contributed by atoms with Crippen LogP contribution in [0.3, 0.4) is 0 Å². The number of fused-ring (bicyclic) bond motifs is 2. The lowest BCUT2D eigenvalue weighted by atomic mass is 9.73. The molecule has 2 saturated carbocycles. The molecule has 3 rings (SSSR count). The van der Waals surface area contributed by atoms with Crippen LogP contribution < -0.4 is 0 Å². The second-order valence-corrected chi connectivity index (χ2v) is 8.75. The third kappa shape index (κ3) is 1.96. The van der Waals surface area contributed by atoms with Gasteiger partial charge in [-0.2, -0.15) is 0 Å². The molecule has 18 heavy (non-hydrogen) atoms. The Morgan fingerprint density at radius 3 is 2.50 bits per heavy atom. The molecule has 4 unspecified atom stereocenters. The zero-order chi connectivity index (χ0) is 13.0. The van der Waals surface area contributed by atoms with E-state index in [0.717, 1.165) is 12.3 Å². The van der Waals surface area contributed by atoms with E-state index >= 15 is 0 Å². The maximum Gasteiger partial charge on any atom is 0.310 e. The minimum atomic E-state index is -3.13. The first-order chi connectivity index (χ1) is 8.40. The van der Waals surface area contributed by atoms with Crippen molar-refractivity contribution < 1.29 is 18.3 Å². The van der Waals surface area contributed by atoms with E-state index in [1.807, 2.05) is 0 Å². The number of aliphatic carboxylic acids is 1. The van der Waals surface area contributed by atoms with E-state index in [-0.39, 0.29) is 11.5 Å². The first kappa shape index (κ1) is 12.5. The average Bonchev–Trinajstić information content (AvgIpc) is 2.93. The molecule has 3 aliphatic rings. The number of hydrogen-bond donors (Lipinski definition) is 1. The molecule has 0 radical (unpaired) electrons. The van der Waals surface area contributed by atoms with Crippen molar-refractivity contribution in [1.82, 2.24) is 0 Å². The summed E-state index contributed by atoms with van der Waals surface area (Å²) in [4.78, 5) is 11.5. The van der Waals surface area contributed by atoms with Crippen molar-refractivity contribution in [3.8, 4) is 0 Å². The van der Waals surface area contributed by atoms with Gasteiger partial charge in [-0.05, 0) is 49.9 Å². The van der Waals surface area contributed by atoms with Gasteiger partial charge in [-0.25, -0.2) is 8.42 Å². The van der Waals surface area contributed by atoms with Crippen LogP contribution in [0.25, 0.3) is 0 Å². The van der Waals surface area contributed by atoms with E-state index in [1.54, 1.807) is 0 Å². The zero-order valence-corrected chi connectivity index (χ0v) is 11.3. The van der Waals surface area contributed by atoms with Crippen LogP contribution in [0.5, 0.6) is 0 Å². The molecule has 1 saturated heterocycles. The summed E-state index contributed by atoms with van der Waals surface area (Å²) in [6.07, 6.45) is 5.78. The van der Waals surface area contributed by atoms with Crippen molar-refractivity contribution in [2.45, 2.75) is 38.5 Å². The highest BCUT2D eigenvalue weighted by Gasteiger charge is 2.52. The molecule has 2 bridgehead atoms. The van der Waals surface area contributed by atoms with E-state index < -0.39 is 21.2 Å². The molecule has 0 spiro atoms. The van der Waals surface area contributed by atoms with Gasteiger partial charge >= 0.3 is 5.97 Å². The van der Waals surface area contributed by atoms with Crippen molar-refractivity contribution in [2.75, 3.05) is 11.5 Å². The standard InChI is InChI=1S/C13H20O4S/c14-12(15)13(3-4-18(16,17)8-13)7-11-6-9-1-2-10(11)5-9/h9-11H,1-8H2,(H,14,15). The van der Waals surface area contributed by atoms with Gasteiger partial charge in [0.15, 0.2) is 9.84 Å². The fraction of sp³-hybridized carbons (Fsp3) is 0.923. The summed E-state index contributed by atoms with van der Waals surface area (Å²) in [5.74, 6) is 0.918. The molecule has 0 amide bonds. The van der Waals surface area contributed by atoms with Crippen molar-refractivity contribution in [2.24, 2.45) is 23.2 Å². The van der Waals surface area contributed by atoms with E-state index in [4.69, 9.17) is 0 Å². The van der Waals surface area contributed by atoms with E-state index in [1.165, 1.54) is 19.3 Å². The predicted molar refractivity (Wildman–Crippen MR) is 66.9 cm³/mol. The van der Waals surface area contributed by atoms with Crippen LogP contribution in [-0.4, -0.2) is 31.0 Å². The Balaban J connectivity index is 1.78. The Morgan fingerprint density at radius 1 is 1.28 bits per heavy atom. The summed E-state index contributed by atoms with van der Waals surface area (Å²) < 4.78 is 23.2. The van der Waals surface area contributed by atoms with Gasteiger partial charge in [0, 0.05) is 0 Å². The maximum absolute atomic E-state index is 11.6. The molecule has 102 valence electrons. The molecule has 0 aromatic heterocycles. The monoisotopic (exact) mass is 272 g/mol. The number of carbonyl (C=O) groups is 1. The fourth-order valence-electron chi connectivity index (χ4n) is 4.46. The van der Waals surface area contributed by atoms with Crippen LogP contribution in [0.1, 0.15) is 38.5 Å². The summed E-state index contributed by atoms with van der Waals surface area (Å²) in [6.45, 7) is 0. The largest absolute Gasteiger partial charge is 0.481 e. The van der Waals surface area contributed by atoms with Crippen molar-refractivity contribution in [3.63, 3.8) is 0 Å². The van der Waals surface area contributed by atoms with Crippen molar-refractivity contribution in [1.29, 1.82) is 0 Å². The Hall–Kier alpha value is -0.580. The number of carboxylic acid groups (broad SMARTS) is 1. The molecule has 2 aliphatic carbocycles. The smallest absolute Gasteiger partial charge is 0.310 e. The minimum Gasteiger partial charge on any atom is -0.481 e. The van der Waals surface area contributed by atoms with Crippen LogP contribution in [0, 0.1) is 23.2 Å². The summed E-state index contributed by atoms with van der Waals surface area (Å²) in [6, 6.07) is 0. The van der Waals surface area contributed by atoms with Crippen molar-refractivity contribution >= 4 is 15.8 Å². The van der Waals surface area contributed by atoms with Crippen LogP contribution in [0.4, 0.5) is 0 Å². The maximum atomic E-state index is 11.6. The molecule has 0 aromatic carbocycles. The van der Waals surface area contributed by atoms with Crippen LogP contribution in [-0.2, 0) is 14.6 Å². The normalized spacial score (nSPS) is 45.4. The number of rotatable bonds is 3. The molecule has 4 atom stereocenters. The second kappa shape index (κ2) is 3.95. The molecule has 1 heterocycles. The average molecular weight is 272 g/mol. The highest BCUT2D eigenvalue weighted by molar-refractivity contribution is 7.91. The highest BCUT2D eigenvalue weighted by Crippen LogP contribution is 2.53. The second-order valence-electron chi connectivity index (χ2n) is 6.57. The highest BCUT2D eigenvalue weighted by atomic mass is 32.2. The molecular formula is C13H20O4S. The molecule has 0 aromatic rings. The first-order valence-electron chi connectivity index (χ1n) is 6.84. The lowest BCUT2D eigenvalue weighted by Crippen LogP contribution is -2.35. The topological polar surface area (TPSA) is 71.4 Å². The third-order valence-electron chi connectivity index (χ3n) is 5.38. The summed E-state index contributed by atoms with van der Waals surface area (Å²) >= 11 is 0. The van der Waals surface area contributed by atoms with E-state index in [9.17, 15) is 18.3 Å². The van der Waals surface area contributed by atoms with E-state index in [2.05, 4.69) is 0 Å². The van der Waals surface area contributed by atoms with Gasteiger partial charge in [0.1, 0.15) is 0 Å². The van der Waals surface area contributed by atoms with Crippen molar-refractivity contribution in [3.05, 3.63) is 0 Å². The lowest BCUT2D eigenvalue weighted by molar-refractivity contribution is -0.148. The Kier molecular flexibility index (Phi) is 2.74. The molecule has 3 fully saturated rings. The Labute approximate surface area is 108 Å². The van der Waals surface area contributed by atoms with Crippen LogP contribution >= 0.6 is 0 Å². The lowest BCUT2D eigenvalue weighted by Gasteiger charge is -2.30. The number of sulfone groups is 1. The van der Waals surface area contributed by atoms with Gasteiger partial charge in [-0.15, -0.1) is 0 Å². The van der Waals surface area contributed by atoms with Gasteiger partial charge < -0.3 is 5.11 Å². The molecule has 4 nitrogen and oxygen atoms in total. The quantitative estimate of drug-likeness (QED) is 0.849. The van der Waals surface area contributed by atoms with Gasteiger partial charge in [0.05, 0.1) is 16.9 Å². The van der Waals surface area contributed by atoms with Gasteiger partial charge in [0.25, 0.3) is 0 Å². The SMILES string of the molecule is O=C(O)C1(CC2CC3CCC2C3)CCS(=O)(=O)C1. The van der Waals surface area contributed by atoms with Gasteiger partial charge in [0.2, 0.25) is 0 Å². The molecule has 5 heteroatoms. The number of carboxylic acids is 1. The number of hydrogen-bond acceptors (Lipinski definition) is 3.